The Labute approximate surface area is 397 Å². The average molecular weight is 891 g/mol. The van der Waals surface area contributed by atoms with Crippen molar-refractivity contribution in [1.82, 2.24) is 0 Å². The number of hydrogen-bond donors (Lipinski definition) is 0. The van der Waals surface area contributed by atoms with Crippen molar-refractivity contribution >= 4 is 123 Å². The normalized spacial score (nSPS) is 12.4. The van der Waals surface area contributed by atoms with E-state index >= 15 is 0 Å². The van der Waals surface area contributed by atoms with Crippen LogP contribution in [0.1, 0.15) is 5.56 Å². The molecule has 0 amide bonds. The molecule has 0 unspecified atom stereocenters. The molecule has 2 aromatic heterocycles. The molecule has 0 saturated heterocycles. The van der Waals surface area contributed by atoms with Gasteiger partial charge in [-0.05, 0) is 157 Å². The summed E-state index contributed by atoms with van der Waals surface area (Å²) >= 11 is 3.58. The second-order valence-electron chi connectivity index (χ2n) is 18.4. The molecule has 0 spiro atoms. The molecular formula is C64H30N2S2. The minimum absolute atomic E-state index is 0.664. The van der Waals surface area contributed by atoms with Crippen molar-refractivity contribution < 1.29 is 0 Å². The maximum atomic E-state index is 9.90. The molecule has 308 valence electrons. The standard InChI is InChI=1S/C64H30N2S2/c1-66-36-21-23-39-44-15-6-17-46(63(44)68-58(39)27-36)54-29-49-37(50-28-51-40-12-2-8-34-9-3-13-41(59(34)40)52(51)30-55(50)54)24-25-43-53(49)31-56-42-14-4-10-35-11-5-18-47(60(35)42)62(56)61(43)48-19-7-16-45-38-22-20-33(32-65)26-57(38)67-64(45)48/h2-31H. The molecule has 0 fully saturated rings. The van der Waals surface area contributed by atoms with Crippen LogP contribution in [-0.4, -0.2) is 0 Å². The third-order valence-corrected chi connectivity index (χ3v) is 17.5. The molecule has 0 N–H and O–H groups in total. The fourth-order valence-electron chi connectivity index (χ4n) is 12.3. The lowest BCUT2D eigenvalue weighted by molar-refractivity contribution is 1.50. The van der Waals surface area contributed by atoms with E-state index in [0.717, 1.165) is 9.40 Å². The van der Waals surface area contributed by atoms with E-state index in [9.17, 15) is 5.26 Å². The van der Waals surface area contributed by atoms with Gasteiger partial charge in [0.05, 0.1) is 18.2 Å². The molecule has 0 aliphatic heterocycles. The van der Waals surface area contributed by atoms with Gasteiger partial charge in [0.25, 0.3) is 0 Å². The third kappa shape index (κ3) is 4.63. The fraction of sp³-hybridized carbons (Fsp3) is 0. The molecule has 0 saturated carbocycles. The Morgan fingerprint density at radius 1 is 0.353 bits per heavy atom. The van der Waals surface area contributed by atoms with Crippen molar-refractivity contribution in [3.63, 3.8) is 0 Å². The lowest BCUT2D eigenvalue weighted by Gasteiger charge is -2.19. The molecule has 0 radical (unpaired) electrons. The smallest absolute Gasteiger partial charge is 0.188 e. The van der Waals surface area contributed by atoms with E-state index in [1.165, 1.54) is 152 Å². The molecule has 12 aromatic carbocycles. The zero-order valence-corrected chi connectivity index (χ0v) is 37.7. The van der Waals surface area contributed by atoms with Crippen molar-refractivity contribution in [2.45, 2.75) is 0 Å². The van der Waals surface area contributed by atoms with Gasteiger partial charge >= 0.3 is 0 Å². The molecule has 16 rings (SSSR count). The van der Waals surface area contributed by atoms with Gasteiger partial charge in [-0.15, -0.1) is 22.7 Å². The third-order valence-electron chi connectivity index (χ3n) is 15.1. The lowest BCUT2D eigenvalue weighted by Crippen LogP contribution is -1.92. The quantitative estimate of drug-likeness (QED) is 0.126. The maximum Gasteiger partial charge on any atom is 0.188 e. The predicted octanol–water partition coefficient (Wildman–Crippen LogP) is 19.2. The number of fused-ring (bicyclic) bond motifs is 17. The van der Waals surface area contributed by atoms with Gasteiger partial charge in [-0.2, -0.15) is 5.26 Å². The van der Waals surface area contributed by atoms with Gasteiger partial charge < -0.3 is 0 Å². The fourth-order valence-corrected chi connectivity index (χ4v) is 14.8. The molecule has 14 aromatic rings. The number of hydrogen-bond acceptors (Lipinski definition) is 3. The zero-order chi connectivity index (χ0) is 44.5. The van der Waals surface area contributed by atoms with Crippen LogP contribution in [0.25, 0.3) is 166 Å². The number of nitrogens with zero attached hydrogens (tertiary/aromatic N) is 2. The number of thiophene rings is 2. The van der Waals surface area contributed by atoms with Crippen LogP contribution in [0.3, 0.4) is 0 Å². The zero-order valence-electron chi connectivity index (χ0n) is 36.0. The summed E-state index contributed by atoms with van der Waals surface area (Å²) in [7, 11) is 0. The van der Waals surface area contributed by atoms with Crippen LogP contribution in [0.2, 0.25) is 0 Å². The Morgan fingerprint density at radius 3 is 1.56 bits per heavy atom. The average Bonchev–Trinajstić information content (AvgIpc) is 4.14. The van der Waals surface area contributed by atoms with Crippen molar-refractivity contribution in [2.24, 2.45) is 0 Å². The Bertz CT molecular complexity index is 4810. The van der Waals surface area contributed by atoms with Crippen LogP contribution in [0.15, 0.2) is 182 Å². The molecule has 0 atom stereocenters. The van der Waals surface area contributed by atoms with E-state index < -0.39 is 0 Å². The first-order chi connectivity index (χ1) is 33.6. The molecule has 2 heterocycles. The summed E-state index contributed by atoms with van der Waals surface area (Å²) in [4.78, 5) is 3.80. The van der Waals surface area contributed by atoms with Crippen LogP contribution < -0.4 is 0 Å². The van der Waals surface area contributed by atoms with Crippen molar-refractivity contribution in [3.8, 4) is 72.8 Å². The van der Waals surface area contributed by atoms with Crippen LogP contribution in [-0.2, 0) is 0 Å². The van der Waals surface area contributed by atoms with Gasteiger partial charge in [0, 0.05) is 46.1 Å². The highest BCUT2D eigenvalue weighted by atomic mass is 32.1. The highest BCUT2D eigenvalue weighted by Gasteiger charge is 2.30. The van der Waals surface area contributed by atoms with Crippen molar-refractivity contribution in [1.29, 1.82) is 5.26 Å². The van der Waals surface area contributed by atoms with Gasteiger partial charge in [0.1, 0.15) is 0 Å². The molecule has 2 aliphatic carbocycles. The first-order valence-electron chi connectivity index (χ1n) is 22.9. The summed E-state index contributed by atoms with van der Waals surface area (Å²) in [5.74, 6) is 0. The molecular weight excluding hydrogens is 861 g/mol. The van der Waals surface area contributed by atoms with E-state index in [-0.39, 0.29) is 0 Å². The van der Waals surface area contributed by atoms with E-state index in [1.54, 1.807) is 22.7 Å². The van der Waals surface area contributed by atoms with Gasteiger partial charge in [0.2, 0.25) is 0 Å². The first-order valence-corrected chi connectivity index (χ1v) is 24.5. The van der Waals surface area contributed by atoms with Gasteiger partial charge in [0.15, 0.2) is 5.69 Å². The van der Waals surface area contributed by atoms with E-state index in [1.807, 2.05) is 24.3 Å². The first kappa shape index (κ1) is 36.6. The van der Waals surface area contributed by atoms with E-state index in [2.05, 4.69) is 169 Å². The summed E-state index contributed by atoms with van der Waals surface area (Å²) < 4.78 is 4.72. The summed E-state index contributed by atoms with van der Waals surface area (Å²) in [5, 5.41) is 27.2. The second-order valence-corrected chi connectivity index (χ2v) is 20.5. The molecule has 2 nitrogen and oxygen atoms in total. The van der Waals surface area contributed by atoms with Crippen LogP contribution in [0.5, 0.6) is 0 Å². The summed E-state index contributed by atoms with van der Waals surface area (Å²) in [5.41, 5.74) is 16.5. The van der Waals surface area contributed by atoms with E-state index in [4.69, 9.17) is 6.57 Å². The van der Waals surface area contributed by atoms with Crippen LogP contribution >= 0.6 is 22.7 Å². The number of benzene rings is 12. The second kappa shape index (κ2) is 13.0. The molecule has 4 heteroatoms. The topological polar surface area (TPSA) is 28.1 Å². The van der Waals surface area contributed by atoms with Crippen LogP contribution in [0, 0.1) is 17.9 Å². The van der Waals surface area contributed by atoms with Crippen LogP contribution in [0.4, 0.5) is 5.69 Å². The van der Waals surface area contributed by atoms with E-state index in [0.29, 0.717) is 11.3 Å². The summed E-state index contributed by atoms with van der Waals surface area (Å²) in [6.07, 6.45) is 0. The highest BCUT2D eigenvalue weighted by molar-refractivity contribution is 7.26. The summed E-state index contributed by atoms with van der Waals surface area (Å²) in [6.45, 7) is 7.80. The number of nitriles is 1. The molecule has 0 bridgehead atoms. The Balaban J connectivity index is 1.08. The van der Waals surface area contributed by atoms with Gasteiger partial charge in [-0.25, -0.2) is 4.85 Å². The van der Waals surface area contributed by atoms with Gasteiger partial charge in [-0.1, -0.05) is 140 Å². The van der Waals surface area contributed by atoms with Gasteiger partial charge in [-0.3, -0.25) is 0 Å². The van der Waals surface area contributed by atoms with Crippen molar-refractivity contribution in [3.05, 3.63) is 199 Å². The predicted molar refractivity (Wildman–Crippen MR) is 290 cm³/mol. The maximum absolute atomic E-state index is 9.90. The Morgan fingerprint density at radius 2 is 0.853 bits per heavy atom. The molecule has 2 aliphatic rings. The number of rotatable bonds is 2. The Kier molecular flexibility index (Phi) is 7.01. The highest BCUT2D eigenvalue weighted by Crippen LogP contribution is 2.57. The van der Waals surface area contributed by atoms with Crippen molar-refractivity contribution in [2.75, 3.05) is 0 Å². The minimum Gasteiger partial charge on any atom is -0.238 e. The summed E-state index contributed by atoms with van der Waals surface area (Å²) in [6, 6.07) is 69.9. The largest absolute Gasteiger partial charge is 0.238 e. The monoisotopic (exact) mass is 890 g/mol. The Hall–Kier alpha value is -8.64. The minimum atomic E-state index is 0.664. The SMILES string of the molecule is [C-]#[N+]c1ccc2c(c1)sc1c(-c3cc4c5cc6c(c(-c7cccc8c7sc7cc(C#N)ccc78)c5ccc4c4cc5c(cc34)-c3cccc4cccc-5c34)-c3cccc4cccc-6c34)cccc12. The lowest BCUT2D eigenvalue weighted by atomic mass is 9.84. The molecule has 68 heavy (non-hydrogen) atoms.